The fourth-order valence-corrected chi connectivity index (χ4v) is 3.96. The fourth-order valence-electron chi connectivity index (χ4n) is 3.96. The number of amides is 1. The van der Waals surface area contributed by atoms with E-state index in [1.807, 2.05) is 63.2 Å². The third kappa shape index (κ3) is 6.82. The van der Waals surface area contributed by atoms with Gasteiger partial charge in [0, 0.05) is 35.6 Å². The number of Topliss-reactive ketones (excluding diaryl/α,β-unsaturated/α-hetero) is 1. The molecule has 0 saturated carbocycles. The summed E-state index contributed by atoms with van der Waals surface area (Å²) in [6.07, 6.45) is 0.809. The summed E-state index contributed by atoms with van der Waals surface area (Å²) in [6.45, 7) is 6.26. The third-order valence-corrected chi connectivity index (χ3v) is 6.03. The molecule has 1 heterocycles. The Balaban J connectivity index is 1.47. The van der Waals surface area contributed by atoms with E-state index in [2.05, 4.69) is 9.88 Å². The van der Waals surface area contributed by atoms with Gasteiger partial charge < -0.3 is 19.4 Å². The molecule has 7 heteroatoms. The standard InChI is InChI=1S/C28H32N2O5/c1-19-7-5-6-8-24(19)28(33)29-15-13-27(32)35-18-26(31)25-17-20(2)30(21(25)3)16-14-22-9-11-23(34-4)12-10-22/h5-12,17H,13-16,18H2,1-4H3,(H,29,33). The van der Waals surface area contributed by atoms with E-state index in [1.165, 1.54) is 5.56 Å². The van der Waals surface area contributed by atoms with E-state index < -0.39 is 5.97 Å². The first-order valence-corrected chi connectivity index (χ1v) is 11.6. The summed E-state index contributed by atoms with van der Waals surface area (Å²) in [7, 11) is 1.64. The second-order valence-corrected chi connectivity index (χ2v) is 8.44. The van der Waals surface area contributed by atoms with Crippen molar-refractivity contribution in [1.82, 2.24) is 9.88 Å². The molecule has 3 rings (SSSR count). The lowest BCUT2D eigenvalue weighted by Gasteiger charge is -2.11. The molecule has 3 aromatic rings. The van der Waals surface area contributed by atoms with Gasteiger partial charge in [0.25, 0.3) is 5.91 Å². The number of nitrogens with one attached hydrogen (secondary N) is 1. The van der Waals surface area contributed by atoms with Gasteiger partial charge in [-0.25, -0.2) is 0 Å². The highest BCUT2D eigenvalue weighted by atomic mass is 16.5. The van der Waals surface area contributed by atoms with Crippen molar-refractivity contribution < 1.29 is 23.9 Å². The topological polar surface area (TPSA) is 86.6 Å². The number of ketones is 1. The maximum absolute atomic E-state index is 12.7. The number of benzene rings is 2. The molecule has 1 amide bonds. The Morgan fingerprint density at radius 1 is 0.943 bits per heavy atom. The Hall–Kier alpha value is -3.87. The molecule has 0 atom stereocenters. The van der Waals surface area contributed by atoms with Gasteiger partial charge in [0.2, 0.25) is 5.78 Å². The van der Waals surface area contributed by atoms with Crippen molar-refractivity contribution in [2.24, 2.45) is 0 Å². The second-order valence-electron chi connectivity index (χ2n) is 8.44. The molecule has 0 bridgehead atoms. The van der Waals surface area contributed by atoms with Crippen molar-refractivity contribution in [2.75, 3.05) is 20.3 Å². The molecule has 0 aliphatic carbocycles. The number of aromatic nitrogens is 1. The molecule has 0 fully saturated rings. The van der Waals surface area contributed by atoms with Crippen LogP contribution >= 0.6 is 0 Å². The molecule has 0 unspecified atom stereocenters. The Kier molecular flexibility index (Phi) is 8.84. The highest BCUT2D eigenvalue weighted by Gasteiger charge is 2.17. The highest BCUT2D eigenvalue weighted by Crippen LogP contribution is 2.18. The molecule has 184 valence electrons. The third-order valence-electron chi connectivity index (χ3n) is 6.03. The summed E-state index contributed by atoms with van der Waals surface area (Å²) >= 11 is 0. The van der Waals surface area contributed by atoms with Gasteiger partial charge in [-0.2, -0.15) is 0 Å². The number of methoxy groups -OCH3 is 1. The van der Waals surface area contributed by atoms with Gasteiger partial charge in [0.1, 0.15) is 5.75 Å². The fraction of sp³-hybridized carbons (Fsp3) is 0.321. The zero-order valence-corrected chi connectivity index (χ0v) is 20.7. The average Bonchev–Trinajstić information content (AvgIpc) is 3.14. The van der Waals surface area contributed by atoms with Gasteiger partial charge in [0.05, 0.1) is 13.5 Å². The smallest absolute Gasteiger partial charge is 0.308 e. The predicted octanol–water partition coefficient (Wildman–Crippen LogP) is 4.21. The average molecular weight is 477 g/mol. The van der Waals surface area contributed by atoms with Crippen LogP contribution < -0.4 is 10.1 Å². The minimum absolute atomic E-state index is 0.00815. The molecule has 0 aliphatic rings. The minimum atomic E-state index is -0.531. The van der Waals surface area contributed by atoms with Crippen LogP contribution in [0.25, 0.3) is 0 Å². The molecule has 0 aliphatic heterocycles. The molecular formula is C28H32N2O5. The summed E-state index contributed by atoms with van der Waals surface area (Å²) in [4.78, 5) is 37.0. The molecule has 0 spiro atoms. The van der Waals surface area contributed by atoms with Crippen molar-refractivity contribution in [2.45, 2.75) is 40.2 Å². The SMILES string of the molecule is COc1ccc(CCn2c(C)cc(C(=O)COC(=O)CCNC(=O)c3ccccc3C)c2C)cc1. The number of nitrogens with zero attached hydrogens (tertiary/aromatic N) is 1. The maximum atomic E-state index is 12.7. The number of carbonyl (C=O) groups excluding carboxylic acids is 3. The number of ether oxygens (including phenoxy) is 2. The lowest BCUT2D eigenvalue weighted by atomic mass is 10.1. The lowest BCUT2D eigenvalue weighted by molar-refractivity contribution is -0.142. The molecule has 35 heavy (non-hydrogen) atoms. The minimum Gasteiger partial charge on any atom is -0.497 e. The molecule has 0 radical (unpaired) electrons. The number of hydrogen-bond acceptors (Lipinski definition) is 5. The van der Waals surface area contributed by atoms with E-state index in [0.717, 1.165) is 35.7 Å². The van der Waals surface area contributed by atoms with Gasteiger partial charge in [0.15, 0.2) is 6.61 Å². The van der Waals surface area contributed by atoms with Gasteiger partial charge in [-0.3, -0.25) is 14.4 Å². The van der Waals surface area contributed by atoms with Crippen molar-refractivity contribution in [3.63, 3.8) is 0 Å². The van der Waals surface area contributed by atoms with Crippen LogP contribution in [0.1, 0.15) is 49.7 Å². The summed E-state index contributed by atoms with van der Waals surface area (Å²) in [6, 6.07) is 17.0. The lowest BCUT2D eigenvalue weighted by Crippen LogP contribution is -2.27. The van der Waals surface area contributed by atoms with Crippen molar-refractivity contribution in [3.8, 4) is 5.75 Å². The van der Waals surface area contributed by atoms with Crippen LogP contribution in [0.3, 0.4) is 0 Å². The number of rotatable bonds is 11. The van der Waals surface area contributed by atoms with Crippen molar-refractivity contribution in [1.29, 1.82) is 0 Å². The van der Waals surface area contributed by atoms with Crippen LogP contribution in [0, 0.1) is 20.8 Å². The predicted molar refractivity (Wildman–Crippen MR) is 134 cm³/mol. The van der Waals surface area contributed by atoms with E-state index in [9.17, 15) is 14.4 Å². The molecule has 1 aromatic heterocycles. The number of hydrogen-bond donors (Lipinski definition) is 1. The zero-order chi connectivity index (χ0) is 25.4. The summed E-state index contributed by atoms with van der Waals surface area (Å²) < 4.78 is 12.5. The van der Waals surface area contributed by atoms with E-state index in [-0.39, 0.29) is 31.3 Å². The summed E-state index contributed by atoms with van der Waals surface area (Å²) in [5.41, 5.74) is 4.98. The Labute approximate surface area is 206 Å². The molecule has 7 nitrogen and oxygen atoms in total. The first kappa shape index (κ1) is 25.7. The number of aryl methyl sites for hydroxylation is 3. The van der Waals surface area contributed by atoms with Crippen LogP contribution in [0.15, 0.2) is 54.6 Å². The number of esters is 1. The van der Waals surface area contributed by atoms with Crippen LogP contribution in [0.5, 0.6) is 5.75 Å². The zero-order valence-electron chi connectivity index (χ0n) is 20.7. The second kappa shape index (κ2) is 12.0. The van der Waals surface area contributed by atoms with E-state index in [4.69, 9.17) is 9.47 Å². The van der Waals surface area contributed by atoms with Crippen LogP contribution in [-0.2, 0) is 22.5 Å². The molecule has 2 aromatic carbocycles. The summed E-state index contributed by atoms with van der Waals surface area (Å²) in [5.74, 6) is -0.199. The number of carbonyl (C=O) groups is 3. The van der Waals surface area contributed by atoms with Gasteiger partial charge in [-0.15, -0.1) is 0 Å². The van der Waals surface area contributed by atoms with E-state index in [0.29, 0.717) is 11.1 Å². The Bertz CT molecular complexity index is 1190. The monoisotopic (exact) mass is 476 g/mol. The first-order chi connectivity index (χ1) is 16.8. The maximum Gasteiger partial charge on any atom is 0.308 e. The Morgan fingerprint density at radius 3 is 2.34 bits per heavy atom. The molecular weight excluding hydrogens is 444 g/mol. The molecule has 1 N–H and O–H groups in total. The summed E-state index contributed by atoms with van der Waals surface area (Å²) in [5, 5.41) is 2.71. The van der Waals surface area contributed by atoms with Gasteiger partial charge >= 0.3 is 5.97 Å². The van der Waals surface area contributed by atoms with Crippen molar-refractivity contribution in [3.05, 3.63) is 88.2 Å². The van der Waals surface area contributed by atoms with Crippen LogP contribution in [0.4, 0.5) is 0 Å². The van der Waals surface area contributed by atoms with E-state index in [1.54, 1.807) is 19.2 Å². The van der Waals surface area contributed by atoms with Crippen molar-refractivity contribution >= 4 is 17.7 Å². The van der Waals surface area contributed by atoms with E-state index >= 15 is 0 Å². The quantitative estimate of drug-likeness (QED) is 0.331. The van der Waals surface area contributed by atoms with Crippen LogP contribution in [-0.4, -0.2) is 42.5 Å². The van der Waals surface area contributed by atoms with Gasteiger partial charge in [-0.05, 0) is 62.6 Å². The normalized spacial score (nSPS) is 10.6. The Morgan fingerprint density at radius 2 is 1.66 bits per heavy atom. The highest BCUT2D eigenvalue weighted by molar-refractivity contribution is 5.99. The largest absolute Gasteiger partial charge is 0.497 e. The van der Waals surface area contributed by atoms with Crippen LogP contribution in [0.2, 0.25) is 0 Å². The molecule has 0 saturated heterocycles. The first-order valence-electron chi connectivity index (χ1n) is 11.6. The van der Waals surface area contributed by atoms with Gasteiger partial charge in [-0.1, -0.05) is 30.3 Å².